The molecule has 0 amide bonds. The first-order valence-electron chi connectivity index (χ1n) is 7.70. The molecule has 1 aliphatic rings. The lowest BCUT2D eigenvalue weighted by Crippen LogP contribution is -2.22. The van der Waals surface area contributed by atoms with Gasteiger partial charge in [0.1, 0.15) is 0 Å². The van der Waals surface area contributed by atoms with Crippen LogP contribution in [-0.4, -0.2) is 24.6 Å². The number of benzene rings is 2. The average Bonchev–Trinajstić information content (AvgIpc) is 3.00. The highest BCUT2D eigenvalue weighted by Gasteiger charge is 2.18. The zero-order chi connectivity index (χ0) is 16.4. The number of hydrogen-bond acceptors (Lipinski definition) is 3. The highest BCUT2D eigenvalue weighted by atomic mass is 32.1. The Hall–Kier alpha value is -2.20. The fourth-order valence-corrected chi connectivity index (χ4v) is 3.31. The van der Waals surface area contributed by atoms with Crippen LogP contribution in [0.25, 0.3) is 11.1 Å². The van der Waals surface area contributed by atoms with Crippen molar-refractivity contribution in [1.29, 1.82) is 0 Å². The fourth-order valence-electron chi connectivity index (χ4n) is 2.96. The molecule has 1 heterocycles. The van der Waals surface area contributed by atoms with Crippen LogP contribution in [0.15, 0.2) is 42.5 Å². The molecule has 0 aromatic heterocycles. The van der Waals surface area contributed by atoms with Gasteiger partial charge in [0.05, 0.1) is 17.7 Å². The lowest BCUT2D eigenvalue weighted by Gasteiger charge is -2.19. The van der Waals surface area contributed by atoms with Gasteiger partial charge >= 0.3 is 5.97 Å². The maximum atomic E-state index is 11.5. The van der Waals surface area contributed by atoms with Crippen LogP contribution in [0.5, 0.6) is 0 Å². The number of rotatable bonds is 3. The number of anilines is 1. The molecule has 0 atom stereocenters. The van der Waals surface area contributed by atoms with E-state index < -0.39 is 0 Å². The topological polar surface area (TPSA) is 29.5 Å². The number of carbonyl (C=O) groups is 1. The van der Waals surface area contributed by atoms with Gasteiger partial charge in [-0.3, -0.25) is 0 Å². The van der Waals surface area contributed by atoms with Gasteiger partial charge in [-0.05, 0) is 60.7 Å². The molecule has 4 heteroatoms. The zero-order valence-corrected chi connectivity index (χ0v) is 14.2. The van der Waals surface area contributed by atoms with E-state index in [9.17, 15) is 4.79 Å². The molecule has 1 aliphatic heterocycles. The smallest absolute Gasteiger partial charge is 0.337 e. The summed E-state index contributed by atoms with van der Waals surface area (Å²) < 4.78 is 4.73. The molecule has 118 valence electrons. The minimum atomic E-state index is -0.314. The minimum Gasteiger partial charge on any atom is -0.465 e. The maximum Gasteiger partial charge on any atom is 0.337 e. The first-order chi connectivity index (χ1) is 11.1. The normalized spacial score (nSPS) is 14.2. The van der Waals surface area contributed by atoms with Crippen LogP contribution in [0.2, 0.25) is 0 Å². The van der Waals surface area contributed by atoms with E-state index in [1.807, 2.05) is 12.1 Å². The summed E-state index contributed by atoms with van der Waals surface area (Å²) in [5.74, 6) is -0.314. The quantitative estimate of drug-likeness (QED) is 0.619. The number of ether oxygens (including phenoxy) is 1. The summed E-state index contributed by atoms with van der Waals surface area (Å²) in [5, 5.41) is 0. The predicted molar refractivity (Wildman–Crippen MR) is 97.1 cm³/mol. The number of aryl methyl sites for hydroxylation is 1. The summed E-state index contributed by atoms with van der Waals surface area (Å²) in [4.78, 5) is 14.8. The maximum absolute atomic E-state index is 11.5. The highest BCUT2D eigenvalue weighted by Crippen LogP contribution is 2.30. The summed E-state index contributed by atoms with van der Waals surface area (Å²) in [6.07, 6.45) is 2.14. The Balaban J connectivity index is 1.88. The standard InChI is InChI=1S/C19H19NO2S/c1-13-12-16(20-11-3-4-18(20)23)9-10-17(13)14-5-7-15(8-6-14)19(21)22-2/h5-10,12H,3-4,11H2,1-2H3. The van der Waals surface area contributed by atoms with Crippen LogP contribution in [0.3, 0.4) is 0 Å². The van der Waals surface area contributed by atoms with Crippen LogP contribution in [0, 0.1) is 6.92 Å². The summed E-state index contributed by atoms with van der Waals surface area (Å²) in [6, 6.07) is 13.9. The second-order valence-corrected chi connectivity index (χ2v) is 6.19. The van der Waals surface area contributed by atoms with Gasteiger partial charge < -0.3 is 9.64 Å². The van der Waals surface area contributed by atoms with Crippen molar-refractivity contribution in [3.05, 3.63) is 53.6 Å². The van der Waals surface area contributed by atoms with Gasteiger partial charge in [0.25, 0.3) is 0 Å². The summed E-state index contributed by atoms with van der Waals surface area (Å²) in [7, 11) is 1.39. The summed E-state index contributed by atoms with van der Waals surface area (Å²) >= 11 is 5.42. The summed E-state index contributed by atoms with van der Waals surface area (Å²) in [5.41, 5.74) is 5.18. The van der Waals surface area contributed by atoms with Crippen LogP contribution in [0.1, 0.15) is 28.8 Å². The van der Waals surface area contributed by atoms with Crippen LogP contribution in [-0.2, 0) is 4.74 Å². The molecule has 1 fully saturated rings. The third-order valence-electron chi connectivity index (χ3n) is 4.21. The Morgan fingerprint density at radius 1 is 1.17 bits per heavy atom. The van der Waals surface area contributed by atoms with E-state index in [1.54, 1.807) is 12.1 Å². The predicted octanol–water partition coefficient (Wildman–Crippen LogP) is 4.38. The Bertz CT molecular complexity index is 752. The zero-order valence-electron chi connectivity index (χ0n) is 13.3. The number of esters is 1. The molecule has 0 saturated carbocycles. The minimum absolute atomic E-state index is 0.314. The average molecular weight is 325 g/mol. The highest BCUT2D eigenvalue weighted by molar-refractivity contribution is 7.80. The van der Waals surface area contributed by atoms with E-state index in [4.69, 9.17) is 17.0 Å². The van der Waals surface area contributed by atoms with Gasteiger partial charge in [0.15, 0.2) is 0 Å². The van der Waals surface area contributed by atoms with Crippen molar-refractivity contribution in [1.82, 2.24) is 0 Å². The van der Waals surface area contributed by atoms with Crippen LogP contribution in [0.4, 0.5) is 5.69 Å². The molecule has 0 radical (unpaired) electrons. The molecule has 0 bridgehead atoms. The van der Waals surface area contributed by atoms with Crippen molar-refractivity contribution in [2.24, 2.45) is 0 Å². The van der Waals surface area contributed by atoms with E-state index in [-0.39, 0.29) is 5.97 Å². The molecular formula is C19H19NO2S. The lowest BCUT2D eigenvalue weighted by molar-refractivity contribution is 0.0601. The van der Waals surface area contributed by atoms with E-state index in [1.165, 1.54) is 18.4 Å². The van der Waals surface area contributed by atoms with E-state index in [0.29, 0.717) is 5.56 Å². The number of nitrogens with zero attached hydrogens (tertiary/aromatic N) is 1. The van der Waals surface area contributed by atoms with Crippen molar-refractivity contribution < 1.29 is 9.53 Å². The Morgan fingerprint density at radius 2 is 1.91 bits per heavy atom. The van der Waals surface area contributed by atoms with Crippen LogP contribution >= 0.6 is 12.2 Å². The molecule has 2 aromatic carbocycles. The van der Waals surface area contributed by atoms with Crippen molar-refractivity contribution in [3.8, 4) is 11.1 Å². The molecule has 3 rings (SSSR count). The van der Waals surface area contributed by atoms with Crippen molar-refractivity contribution in [2.45, 2.75) is 19.8 Å². The first kappa shape index (κ1) is 15.7. The lowest BCUT2D eigenvalue weighted by atomic mass is 9.99. The van der Waals surface area contributed by atoms with Gasteiger partial charge in [-0.2, -0.15) is 0 Å². The first-order valence-corrected chi connectivity index (χ1v) is 8.11. The Morgan fingerprint density at radius 3 is 2.48 bits per heavy atom. The molecule has 0 spiro atoms. The third-order valence-corrected chi connectivity index (χ3v) is 4.64. The second kappa shape index (κ2) is 6.50. The van der Waals surface area contributed by atoms with E-state index >= 15 is 0 Å². The Kier molecular flexibility index (Phi) is 4.44. The second-order valence-electron chi connectivity index (χ2n) is 5.72. The van der Waals surface area contributed by atoms with Crippen molar-refractivity contribution in [2.75, 3.05) is 18.6 Å². The Labute approximate surface area is 141 Å². The van der Waals surface area contributed by atoms with Gasteiger partial charge in [-0.1, -0.05) is 30.4 Å². The largest absolute Gasteiger partial charge is 0.465 e. The van der Waals surface area contributed by atoms with E-state index in [2.05, 4.69) is 30.0 Å². The van der Waals surface area contributed by atoms with Gasteiger partial charge in [-0.15, -0.1) is 0 Å². The number of carbonyl (C=O) groups excluding carboxylic acids is 1. The number of methoxy groups -OCH3 is 1. The fraction of sp³-hybridized carbons (Fsp3) is 0.263. The van der Waals surface area contributed by atoms with Gasteiger partial charge in [-0.25, -0.2) is 4.79 Å². The molecule has 23 heavy (non-hydrogen) atoms. The van der Waals surface area contributed by atoms with Gasteiger partial charge in [0, 0.05) is 12.2 Å². The molecular weight excluding hydrogens is 306 g/mol. The monoisotopic (exact) mass is 325 g/mol. The molecule has 1 saturated heterocycles. The van der Waals surface area contributed by atoms with Crippen molar-refractivity contribution in [3.63, 3.8) is 0 Å². The number of hydrogen-bond donors (Lipinski definition) is 0. The number of thiocarbonyl (C=S) groups is 1. The molecule has 2 aromatic rings. The SMILES string of the molecule is COC(=O)c1ccc(-c2ccc(N3CCCC3=S)cc2C)cc1. The van der Waals surface area contributed by atoms with Crippen molar-refractivity contribution >= 4 is 28.9 Å². The molecule has 3 nitrogen and oxygen atoms in total. The van der Waals surface area contributed by atoms with Crippen LogP contribution < -0.4 is 4.90 Å². The molecule has 0 unspecified atom stereocenters. The van der Waals surface area contributed by atoms with E-state index in [0.717, 1.165) is 35.5 Å². The molecule has 0 N–H and O–H groups in total. The molecule has 0 aliphatic carbocycles. The third kappa shape index (κ3) is 3.13. The summed E-state index contributed by atoms with van der Waals surface area (Å²) in [6.45, 7) is 3.11. The van der Waals surface area contributed by atoms with Gasteiger partial charge in [0.2, 0.25) is 0 Å².